The highest BCUT2D eigenvalue weighted by atomic mass is 16.4. The Kier molecular flexibility index (Phi) is 4.83. The van der Waals surface area contributed by atoms with Gasteiger partial charge in [0.05, 0.1) is 0 Å². The average Bonchev–Trinajstić information content (AvgIpc) is 2.60. The van der Waals surface area contributed by atoms with Crippen LogP contribution in [-0.4, -0.2) is 51.4 Å². The second-order valence-electron chi connectivity index (χ2n) is 6.42. The molecule has 2 heterocycles. The number of hydrogen-bond donors (Lipinski definition) is 1. The molecule has 3 amide bonds. The van der Waals surface area contributed by atoms with Crippen LogP contribution in [0.2, 0.25) is 0 Å². The van der Waals surface area contributed by atoms with Crippen molar-refractivity contribution in [3.05, 3.63) is 35.9 Å². The molecule has 0 aromatic heterocycles. The van der Waals surface area contributed by atoms with Crippen LogP contribution in [0.25, 0.3) is 0 Å². The minimum Gasteiger partial charge on any atom is -0.465 e. The number of piperidine rings is 1. The van der Waals surface area contributed by atoms with Crippen molar-refractivity contribution in [1.82, 2.24) is 9.80 Å². The number of benzene rings is 1. The number of nitrogens with zero attached hydrogens (tertiary/aromatic N) is 2. The number of rotatable bonds is 5. The minimum absolute atomic E-state index is 0.349. The van der Waals surface area contributed by atoms with Crippen LogP contribution in [0.4, 0.5) is 4.79 Å². The molecule has 2 atom stereocenters. The van der Waals surface area contributed by atoms with E-state index in [0.29, 0.717) is 19.4 Å². The van der Waals surface area contributed by atoms with Gasteiger partial charge in [-0.05, 0) is 44.1 Å². The zero-order valence-corrected chi connectivity index (χ0v) is 13.6. The van der Waals surface area contributed by atoms with Crippen LogP contribution in [0.5, 0.6) is 0 Å². The van der Waals surface area contributed by atoms with Crippen molar-refractivity contribution >= 4 is 17.9 Å². The molecule has 1 N–H and O–H groups in total. The third kappa shape index (κ3) is 3.13. The van der Waals surface area contributed by atoms with Crippen molar-refractivity contribution in [3.8, 4) is 0 Å². The fourth-order valence-corrected chi connectivity index (χ4v) is 3.68. The molecule has 24 heavy (non-hydrogen) atoms. The Morgan fingerprint density at radius 2 is 1.67 bits per heavy atom. The molecule has 0 radical (unpaired) electrons. The summed E-state index contributed by atoms with van der Waals surface area (Å²) in [4.78, 5) is 38.8. The van der Waals surface area contributed by atoms with Gasteiger partial charge < -0.3 is 5.11 Å². The van der Waals surface area contributed by atoms with Gasteiger partial charge in [-0.2, -0.15) is 0 Å². The molecule has 1 aromatic rings. The zero-order valence-electron chi connectivity index (χ0n) is 13.6. The Labute approximate surface area is 141 Å². The molecule has 2 aliphatic rings. The number of fused-ring (bicyclic) bond motifs is 2. The summed E-state index contributed by atoms with van der Waals surface area (Å²) in [5, 5.41) is 9.31. The molecule has 2 aliphatic heterocycles. The Bertz CT molecular complexity index is 607. The number of likely N-dealkylation sites (tertiary alicyclic amines) is 1. The molecular formula is C18H22N2O4. The van der Waals surface area contributed by atoms with Crippen LogP contribution < -0.4 is 0 Å². The van der Waals surface area contributed by atoms with Crippen LogP contribution >= 0.6 is 0 Å². The third-order valence-electron chi connectivity index (χ3n) is 4.89. The van der Waals surface area contributed by atoms with Gasteiger partial charge >= 0.3 is 6.09 Å². The second kappa shape index (κ2) is 7.03. The smallest absolute Gasteiger partial charge is 0.408 e. The Morgan fingerprint density at radius 1 is 1.04 bits per heavy atom. The molecule has 1 aromatic carbocycles. The lowest BCUT2D eigenvalue weighted by Crippen LogP contribution is -2.67. The lowest BCUT2D eigenvalue weighted by molar-refractivity contribution is -0.162. The Balaban J connectivity index is 1.59. The van der Waals surface area contributed by atoms with Crippen LogP contribution in [0.15, 0.2) is 30.3 Å². The number of hydrogen-bond acceptors (Lipinski definition) is 3. The van der Waals surface area contributed by atoms with Crippen LogP contribution in [0.3, 0.4) is 0 Å². The fourth-order valence-electron chi connectivity index (χ4n) is 3.68. The van der Waals surface area contributed by atoms with E-state index in [1.54, 1.807) is 0 Å². The number of carbonyl (C=O) groups is 3. The molecular weight excluding hydrogens is 308 g/mol. The molecule has 2 saturated heterocycles. The first kappa shape index (κ1) is 16.5. The summed E-state index contributed by atoms with van der Waals surface area (Å²) in [6.45, 7) is 0.380. The van der Waals surface area contributed by atoms with Gasteiger partial charge in [-0.1, -0.05) is 30.3 Å². The lowest BCUT2D eigenvalue weighted by atomic mass is 9.90. The lowest BCUT2D eigenvalue weighted by Gasteiger charge is -2.46. The zero-order chi connectivity index (χ0) is 17.1. The summed E-state index contributed by atoms with van der Waals surface area (Å²) < 4.78 is 0. The van der Waals surface area contributed by atoms with E-state index < -0.39 is 18.2 Å². The molecule has 3 rings (SSSR count). The maximum absolute atomic E-state index is 12.5. The van der Waals surface area contributed by atoms with E-state index >= 15 is 0 Å². The number of unbranched alkanes of at least 4 members (excludes halogenated alkanes) is 1. The highest BCUT2D eigenvalue weighted by Gasteiger charge is 2.50. The van der Waals surface area contributed by atoms with Gasteiger partial charge in [-0.25, -0.2) is 4.79 Å². The molecule has 2 fully saturated rings. The van der Waals surface area contributed by atoms with Gasteiger partial charge in [-0.3, -0.25) is 19.4 Å². The van der Waals surface area contributed by atoms with E-state index in [9.17, 15) is 19.5 Å². The van der Waals surface area contributed by atoms with E-state index in [1.807, 2.05) is 18.2 Å². The summed E-state index contributed by atoms with van der Waals surface area (Å²) in [6.07, 6.45) is 3.10. The summed E-state index contributed by atoms with van der Waals surface area (Å²) in [5.41, 5.74) is 1.24. The predicted octanol–water partition coefficient (Wildman–Crippen LogP) is 2.28. The van der Waals surface area contributed by atoms with E-state index in [2.05, 4.69) is 12.1 Å². The highest BCUT2D eigenvalue weighted by Crippen LogP contribution is 2.30. The van der Waals surface area contributed by atoms with Gasteiger partial charge in [0.1, 0.15) is 12.1 Å². The minimum atomic E-state index is -1.17. The molecule has 2 unspecified atom stereocenters. The number of carboxylic acid groups (broad SMARTS) is 1. The first-order valence-corrected chi connectivity index (χ1v) is 8.50. The van der Waals surface area contributed by atoms with Crippen LogP contribution in [0.1, 0.15) is 37.7 Å². The van der Waals surface area contributed by atoms with Crippen molar-refractivity contribution < 1.29 is 19.5 Å². The number of piperazine rings is 1. The van der Waals surface area contributed by atoms with Crippen LogP contribution in [0, 0.1) is 0 Å². The largest absolute Gasteiger partial charge is 0.465 e. The molecule has 6 nitrogen and oxygen atoms in total. The Morgan fingerprint density at radius 3 is 2.25 bits per heavy atom. The standard InChI is InChI=1S/C18H22N2O4/c21-16-14-10-6-11-15(20(14)18(23)24)17(22)19(16)12-5-4-9-13-7-2-1-3-8-13/h1-3,7-8,14-15H,4-6,9-12H2,(H,23,24). The topological polar surface area (TPSA) is 77.9 Å². The van der Waals surface area contributed by atoms with Crippen LogP contribution in [-0.2, 0) is 16.0 Å². The number of carbonyl (C=O) groups excluding carboxylic acids is 2. The number of imide groups is 1. The maximum Gasteiger partial charge on any atom is 0.408 e. The van der Waals surface area contributed by atoms with Gasteiger partial charge in [0.25, 0.3) is 11.8 Å². The van der Waals surface area contributed by atoms with Gasteiger partial charge in [0.15, 0.2) is 0 Å². The fraction of sp³-hybridized carbons (Fsp3) is 0.500. The van der Waals surface area contributed by atoms with Crippen molar-refractivity contribution in [2.75, 3.05) is 6.54 Å². The normalized spacial score (nSPS) is 23.5. The molecule has 6 heteroatoms. The van der Waals surface area contributed by atoms with E-state index in [4.69, 9.17) is 0 Å². The molecule has 2 bridgehead atoms. The summed E-state index contributed by atoms with van der Waals surface area (Å²) in [6, 6.07) is 8.71. The van der Waals surface area contributed by atoms with Crippen molar-refractivity contribution in [2.45, 2.75) is 50.6 Å². The van der Waals surface area contributed by atoms with E-state index in [-0.39, 0.29) is 11.8 Å². The average molecular weight is 330 g/mol. The van der Waals surface area contributed by atoms with Crippen molar-refractivity contribution in [2.24, 2.45) is 0 Å². The highest BCUT2D eigenvalue weighted by molar-refractivity contribution is 6.05. The molecule has 0 spiro atoms. The summed E-state index contributed by atoms with van der Waals surface area (Å²) in [7, 11) is 0. The van der Waals surface area contributed by atoms with E-state index in [0.717, 1.165) is 30.6 Å². The Hall–Kier alpha value is -2.37. The van der Waals surface area contributed by atoms with Gasteiger partial charge in [0, 0.05) is 6.54 Å². The van der Waals surface area contributed by atoms with Crippen molar-refractivity contribution in [1.29, 1.82) is 0 Å². The first-order valence-electron chi connectivity index (χ1n) is 8.50. The molecule has 128 valence electrons. The third-order valence-corrected chi connectivity index (χ3v) is 4.89. The number of amides is 3. The SMILES string of the molecule is O=C1C2CCCC(C(=O)N1CCCCc1ccccc1)N2C(=O)O. The number of aryl methyl sites for hydroxylation is 1. The van der Waals surface area contributed by atoms with Gasteiger partial charge in [-0.15, -0.1) is 0 Å². The molecule has 0 aliphatic carbocycles. The quantitative estimate of drug-likeness (QED) is 0.664. The molecule has 0 saturated carbocycles. The summed E-state index contributed by atoms with van der Waals surface area (Å²) >= 11 is 0. The first-order chi connectivity index (χ1) is 11.6. The maximum atomic E-state index is 12.5. The van der Waals surface area contributed by atoms with E-state index in [1.165, 1.54) is 10.5 Å². The monoisotopic (exact) mass is 330 g/mol. The summed E-state index contributed by atoms with van der Waals surface area (Å²) in [5.74, 6) is -0.698. The van der Waals surface area contributed by atoms with Gasteiger partial charge in [0.2, 0.25) is 0 Å². The van der Waals surface area contributed by atoms with Crippen molar-refractivity contribution in [3.63, 3.8) is 0 Å². The second-order valence-corrected chi connectivity index (χ2v) is 6.42. The predicted molar refractivity (Wildman–Crippen MR) is 87.4 cm³/mol.